The molecule has 0 aliphatic carbocycles. The highest BCUT2D eigenvalue weighted by molar-refractivity contribution is 9.11. The molecule has 0 aromatic heterocycles. The molecule has 0 fully saturated rings. The van der Waals surface area contributed by atoms with E-state index in [1.807, 2.05) is 54.6 Å². The van der Waals surface area contributed by atoms with Gasteiger partial charge in [0, 0.05) is 6.54 Å². The first-order valence-corrected chi connectivity index (χ1v) is 11.6. The molecule has 0 atom stereocenters. The quantitative estimate of drug-likeness (QED) is 0.290. The molecule has 0 radical (unpaired) electrons. The zero-order valence-electron chi connectivity index (χ0n) is 17.3. The van der Waals surface area contributed by atoms with Crippen molar-refractivity contribution in [2.45, 2.75) is 13.2 Å². The number of benzene rings is 3. The van der Waals surface area contributed by atoms with E-state index in [0.717, 1.165) is 16.9 Å². The number of rotatable bonds is 7. The van der Waals surface area contributed by atoms with E-state index in [1.165, 1.54) is 6.08 Å². The standard InChI is InChI=1S/C25H18Br2N2O4/c26-20-9-18(8-19(12-28)25(30)29-13-16-4-2-1-3-5-16)10-21(27)24(20)31-14-17-6-7-22-23(11-17)33-15-32-22/h1-11H,13-15H2,(H,29,30)/b19-8-. The van der Waals surface area contributed by atoms with E-state index in [2.05, 4.69) is 37.2 Å². The Balaban J connectivity index is 1.44. The van der Waals surface area contributed by atoms with Gasteiger partial charge in [-0.1, -0.05) is 36.4 Å². The number of carbonyl (C=O) groups is 1. The Bertz CT molecular complexity index is 1230. The van der Waals surface area contributed by atoms with Crippen LogP contribution < -0.4 is 19.5 Å². The van der Waals surface area contributed by atoms with E-state index >= 15 is 0 Å². The van der Waals surface area contributed by atoms with Gasteiger partial charge in [-0.2, -0.15) is 5.26 Å². The Hall–Kier alpha value is -3.28. The number of halogens is 2. The fourth-order valence-electron chi connectivity index (χ4n) is 3.18. The topological polar surface area (TPSA) is 80.6 Å². The summed E-state index contributed by atoms with van der Waals surface area (Å²) in [6, 6.07) is 20.7. The third-order valence-corrected chi connectivity index (χ3v) is 5.99. The van der Waals surface area contributed by atoms with Gasteiger partial charge >= 0.3 is 0 Å². The summed E-state index contributed by atoms with van der Waals surface area (Å²) >= 11 is 7.04. The molecular formula is C25H18Br2N2O4. The number of nitrogens with zero attached hydrogens (tertiary/aromatic N) is 1. The fraction of sp³-hybridized carbons (Fsp3) is 0.120. The molecule has 1 N–H and O–H groups in total. The summed E-state index contributed by atoms with van der Waals surface area (Å²) in [5.74, 6) is 1.59. The molecule has 166 valence electrons. The number of fused-ring (bicyclic) bond motifs is 1. The summed E-state index contributed by atoms with van der Waals surface area (Å²) in [5.41, 5.74) is 2.58. The molecule has 1 amide bonds. The summed E-state index contributed by atoms with van der Waals surface area (Å²) in [6.07, 6.45) is 1.54. The highest BCUT2D eigenvalue weighted by atomic mass is 79.9. The van der Waals surface area contributed by atoms with Crippen molar-refractivity contribution in [1.82, 2.24) is 5.32 Å². The second-order valence-corrected chi connectivity index (χ2v) is 8.84. The lowest BCUT2D eigenvalue weighted by molar-refractivity contribution is -0.117. The summed E-state index contributed by atoms with van der Waals surface area (Å²) in [5, 5.41) is 12.2. The minimum absolute atomic E-state index is 0.0127. The van der Waals surface area contributed by atoms with Crippen molar-refractivity contribution in [2.75, 3.05) is 6.79 Å². The Labute approximate surface area is 208 Å². The number of hydrogen-bond donors (Lipinski definition) is 1. The van der Waals surface area contributed by atoms with Gasteiger partial charge in [0.25, 0.3) is 5.91 Å². The number of ether oxygens (including phenoxy) is 3. The van der Waals surface area contributed by atoms with E-state index in [1.54, 1.807) is 12.1 Å². The van der Waals surface area contributed by atoms with Crippen molar-refractivity contribution >= 4 is 43.8 Å². The molecule has 3 aromatic rings. The molecule has 0 saturated heterocycles. The molecule has 8 heteroatoms. The van der Waals surface area contributed by atoms with E-state index < -0.39 is 5.91 Å². The van der Waals surface area contributed by atoms with Gasteiger partial charge in [0.1, 0.15) is 24.0 Å². The lowest BCUT2D eigenvalue weighted by Gasteiger charge is -2.12. The zero-order chi connectivity index (χ0) is 23.2. The van der Waals surface area contributed by atoms with Crippen molar-refractivity contribution in [1.29, 1.82) is 5.26 Å². The van der Waals surface area contributed by atoms with E-state index in [-0.39, 0.29) is 12.4 Å². The van der Waals surface area contributed by atoms with Crippen LogP contribution in [0, 0.1) is 11.3 Å². The number of carbonyl (C=O) groups excluding carboxylic acids is 1. The molecule has 0 spiro atoms. The van der Waals surface area contributed by atoms with Crippen LogP contribution in [-0.2, 0) is 17.9 Å². The predicted molar refractivity (Wildman–Crippen MR) is 131 cm³/mol. The van der Waals surface area contributed by atoms with Gasteiger partial charge in [0.05, 0.1) is 8.95 Å². The zero-order valence-corrected chi connectivity index (χ0v) is 20.5. The van der Waals surface area contributed by atoms with Crippen molar-refractivity contribution < 1.29 is 19.0 Å². The van der Waals surface area contributed by atoms with Crippen molar-refractivity contribution in [3.05, 3.63) is 91.9 Å². The van der Waals surface area contributed by atoms with Gasteiger partial charge in [0.2, 0.25) is 6.79 Å². The monoisotopic (exact) mass is 568 g/mol. The van der Waals surface area contributed by atoms with Crippen LogP contribution in [0.2, 0.25) is 0 Å². The van der Waals surface area contributed by atoms with Gasteiger partial charge in [-0.05, 0) is 78.9 Å². The maximum absolute atomic E-state index is 12.5. The normalized spacial score (nSPS) is 12.2. The Morgan fingerprint density at radius 3 is 2.48 bits per heavy atom. The van der Waals surface area contributed by atoms with Gasteiger partial charge in [0.15, 0.2) is 11.5 Å². The highest BCUT2D eigenvalue weighted by Gasteiger charge is 2.15. The van der Waals surface area contributed by atoms with Crippen molar-refractivity contribution in [3.8, 4) is 23.3 Å². The molecule has 1 heterocycles. The first kappa shape index (κ1) is 22.9. The molecule has 0 saturated carbocycles. The minimum atomic E-state index is -0.434. The lowest BCUT2D eigenvalue weighted by Crippen LogP contribution is -2.23. The smallest absolute Gasteiger partial charge is 0.262 e. The molecule has 4 rings (SSSR count). The van der Waals surface area contributed by atoms with Crippen LogP contribution in [0.4, 0.5) is 0 Å². The lowest BCUT2D eigenvalue weighted by atomic mass is 10.1. The van der Waals surface area contributed by atoms with Crippen LogP contribution in [0.25, 0.3) is 6.08 Å². The van der Waals surface area contributed by atoms with Gasteiger partial charge in [-0.15, -0.1) is 0 Å². The van der Waals surface area contributed by atoms with E-state index in [4.69, 9.17) is 14.2 Å². The van der Waals surface area contributed by atoms with Crippen molar-refractivity contribution in [2.24, 2.45) is 0 Å². The number of amides is 1. The Morgan fingerprint density at radius 1 is 1.03 bits per heavy atom. The predicted octanol–water partition coefficient (Wildman–Crippen LogP) is 5.74. The number of nitrogens with one attached hydrogen (secondary N) is 1. The third-order valence-electron chi connectivity index (χ3n) is 4.81. The average Bonchev–Trinajstić information content (AvgIpc) is 3.29. The maximum Gasteiger partial charge on any atom is 0.262 e. The van der Waals surface area contributed by atoms with Crippen LogP contribution >= 0.6 is 31.9 Å². The summed E-state index contributed by atoms with van der Waals surface area (Å²) in [4.78, 5) is 12.5. The number of hydrogen-bond acceptors (Lipinski definition) is 5. The molecular weight excluding hydrogens is 552 g/mol. The molecule has 33 heavy (non-hydrogen) atoms. The second-order valence-electron chi connectivity index (χ2n) is 7.13. The van der Waals surface area contributed by atoms with Crippen LogP contribution in [0.5, 0.6) is 17.2 Å². The van der Waals surface area contributed by atoms with Crippen LogP contribution in [-0.4, -0.2) is 12.7 Å². The van der Waals surface area contributed by atoms with Crippen molar-refractivity contribution in [3.63, 3.8) is 0 Å². The fourth-order valence-corrected chi connectivity index (χ4v) is 4.63. The van der Waals surface area contributed by atoms with Gasteiger partial charge < -0.3 is 19.5 Å². The molecule has 1 aliphatic rings. The average molecular weight is 570 g/mol. The molecule has 3 aromatic carbocycles. The van der Waals surface area contributed by atoms with Crippen LogP contribution in [0.1, 0.15) is 16.7 Å². The largest absolute Gasteiger partial charge is 0.487 e. The summed E-state index contributed by atoms with van der Waals surface area (Å²) < 4.78 is 18.1. The molecule has 6 nitrogen and oxygen atoms in total. The highest BCUT2D eigenvalue weighted by Crippen LogP contribution is 2.37. The molecule has 0 unspecified atom stereocenters. The first-order chi connectivity index (χ1) is 16.0. The Kier molecular flexibility index (Phi) is 7.33. The summed E-state index contributed by atoms with van der Waals surface area (Å²) in [6.45, 7) is 0.897. The van der Waals surface area contributed by atoms with Crippen LogP contribution in [0.15, 0.2) is 75.2 Å². The SMILES string of the molecule is N#C/C(=C/c1cc(Br)c(OCc2ccc3c(c2)OCO3)c(Br)c1)C(=O)NCc1ccccc1. The van der Waals surface area contributed by atoms with Gasteiger partial charge in [-0.3, -0.25) is 4.79 Å². The molecule has 1 aliphatic heterocycles. The second kappa shape index (κ2) is 10.6. The Morgan fingerprint density at radius 2 is 1.76 bits per heavy atom. The first-order valence-electron chi connectivity index (χ1n) is 9.98. The van der Waals surface area contributed by atoms with E-state index in [9.17, 15) is 10.1 Å². The third kappa shape index (κ3) is 5.75. The van der Waals surface area contributed by atoms with E-state index in [0.29, 0.717) is 39.2 Å². The summed E-state index contributed by atoms with van der Waals surface area (Å²) in [7, 11) is 0. The molecule has 0 bridgehead atoms. The minimum Gasteiger partial charge on any atom is -0.487 e. The van der Waals surface area contributed by atoms with Crippen LogP contribution in [0.3, 0.4) is 0 Å². The maximum atomic E-state index is 12.5. The number of nitriles is 1. The van der Waals surface area contributed by atoms with Gasteiger partial charge in [-0.25, -0.2) is 0 Å².